The highest BCUT2D eigenvalue weighted by Gasteiger charge is 2.12. The Morgan fingerprint density at radius 2 is 1.57 bits per heavy atom. The van der Waals surface area contributed by atoms with Crippen molar-refractivity contribution in [3.8, 4) is 0 Å². The van der Waals surface area contributed by atoms with E-state index in [-0.39, 0.29) is 4.90 Å². The molecular formula is C13H9Cl3N2O2S. The van der Waals surface area contributed by atoms with Crippen molar-refractivity contribution in [2.45, 2.75) is 4.90 Å². The van der Waals surface area contributed by atoms with Crippen LogP contribution in [0.3, 0.4) is 0 Å². The number of hydrogen-bond acceptors (Lipinski definition) is 3. The lowest BCUT2D eigenvalue weighted by Crippen LogP contribution is -2.18. The van der Waals surface area contributed by atoms with Gasteiger partial charge in [-0.25, -0.2) is 4.83 Å². The molecule has 0 unspecified atom stereocenters. The maximum Gasteiger partial charge on any atom is 0.276 e. The molecule has 0 aliphatic carbocycles. The molecule has 0 saturated carbocycles. The molecule has 0 heterocycles. The largest absolute Gasteiger partial charge is 0.276 e. The molecule has 2 aromatic rings. The maximum absolute atomic E-state index is 12.0. The predicted molar refractivity (Wildman–Crippen MR) is 85.8 cm³/mol. The van der Waals surface area contributed by atoms with E-state index in [1.807, 2.05) is 0 Å². The summed E-state index contributed by atoms with van der Waals surface area (Å²) in [6, 6.07) is 10.5. The second kappa shape index (κ2) is 6.66. The minimum atomic E-state index is -3.74. The third-order valence-electron chi connectivity index (χ3n) is 2.46. The Morgan fingerprint density at radius 3 is 2.19 bits per heavy atom. The van der Waals surface area contributed by atoms with Gasteiger partial charge in [0.05, 0.1) is 16.1 Å². The Kier molecular flexibility index (Phi) is 5.11. The summed E-state index contributed by atoms with van der Waals surface area (Å²) in [4.78, 5) is 2.15. The van der Waals surface area contributed by atoms with E-state index in [9.17, 15) is 8.42 Å². The van der Waals surface area contributed by atoms with Crippen molar-refractivity contribution in [1.82, 2.24) is 4.83 Å². The van der Waals surface area contributed by atoms with Gasteiger partial charge in [0, 0.05) is 15.6 Å². The van der Waals surface area contributed by atoms with Crippen molar-refractivity contribution in [2.75, 3.05) is 0 Å². The fourth-order valence-electron chi connectivity index (χ4n) is 1.44. The molecule has 2 aromatic carbocycles. The first-order chi connectivity index (χ1) is 9.88. The average molecular weight is 364 g/mol. The Labute approximate surface area is 137 Å². The second-order valence-electron chi connectivity index (χ2n) is 3.97. The highest BCUT2D eigenvalue weighted by Crippen LogP contribution is 2.19. The van der Waals surface area contributed by atoms with Crippen molar-refractivity contribution in [3.05, 3.63) is 63.1 Å². The lowest BCUT2D eigenvalue weighted by Gasteiger charge is -2.03. The van der Waals surface area contributed by atoms with E-state index in [4.69, 9.17) is 34.8 Å². The van der Waals surface area contributed by atoms with Crippen LogP contribution >= 0.6 is 34.8 Å². The van der Waals surface area contributed by atoms with Crippen LogP contribution in [0.4, 0.5) is 0 Å². The van der Waals surface area contributed by atoms with Crippen LogP contribution in [-0.4, -0.2) is 14.6 Å². The van der Waals surface area contributed by atoms with Crippen molar-refractivity contribution < 1.29 is 8.42 Å². The first-order valence-corrected chi connectivity index (χ1v) is 8.26. The first kappa shape index (κ1) is 16.1. The van der Waals surface area contributed by atoms with E-state index >= 15 is 0 Å². The smallest absolute Gasteiger partial charge is 0.200 e. The third kappa shape index (κ3) is 4.35. The average Bonchev–Trinajstić information content (AvgIpc) is 2.41. The zero-order valence-electron chi connectivity index (χ0n) is 10.4. The SMILES string of the molecule is O=S(=O)(NN=Cc1ccc(Cl)cc1Cl)c1ccc(Cl)cc1. The number of nitrogens with one attached hydrogen (secondary N) is 1. The minimum absolute atomic E-state index is 0.0613. The summed E-state index contributed by atoms with van der Waals surface area (Å²) in [6.07, 6.45) is 1.30. The molecule has 0 aliphatic rings. The molecule has 0 aromatic heterocycles. The van der Waals surface area contributed by atoms with Crippen molar-refractivity contribution in [1.29, 1.82) is 0 Å². The number of rotatable bonds is 4. The zero-order valence-corrected chi connectivity index (χ0v) is 13.5. The lowest BCUT2D eigenvalue weighted by molar-refractivity contribution is 0.584. The molecule has 4 nitrogen and oxygen atoms in total. The summed E-state index contributed by atoms with van der Waals surface area (Å²) in [5, 5.41) is 4.99. The molecule has 110 valence electrons. The zero-order chi connectivity index (χ0) is 15.5. The number of halogens is 3. The Hall–Kier alpha value is -1.27. The van der Waals surface area contributed by atoms with Crippen LogP contribution < -0.4 is 4.83 Å². The van der Waals surface area contributed by atoms with Crippen LogP contribution in [0.2, 0.25) is 15.1 Å². The van der Waals surface area contributed by atoms with Crippen molar-refractivity contribution in [2.24, 2.45) is 5.10 Å². The van der Waals surface area contributed by atoms with Crippen LogP contribution in [0.5, 0.6) is 0 Å². The molecule has 0 spiro atoms. The summed E-state index contributed by atoms with van der Waals surface area (Å²) in [7, 11) is -3.74. The molecular weight excluding hydrogens is 355 g/mol. The van der Waals surface area contributed by atoms with E-state index < -0.39 is 10.0 Å². The summed E-state index contributed by atoms with van der Waals surface area (Å²) in [5.41, 5.74) is 0.542. The van der Waals surface area contributed by atoms with Gasteiger partial charge in [0.15, 0.2) is 0 Å². The highest BCUT2D eigenvalue weighted by molar-refractivity contribution is 7.89. The second-order valence-corrected chi connectivity index (χ2v) is 6.91. The van der Waals surface area contributed by atoms with Crippen LogP contribution in [0.25, 0.3) is 0 Å². The van der Waals surface area contributed by atoms with Gasteiger partial charge >= 0.3 is 0 Å². The molecule has 0 bridgehead atoms. The molecule has 8 heteroatoms. The molecule has 2 rings (SSSR count). The van der Waals surface area contributed by atoms with Gasteiger partial charge in [0.2, 0.25) is 0 Å². The molecule has 1 N–H and O–H groups in total. The Bertz CT molecular complexity index is 775. The van der Waals surface area contributed by atoms with Crippen molar-refractivity contribution in [3.63, 3.8) is 0 Å². The lowest BCUT2D eigenvalue weighted by atomic mass is 10.2. The van der Waals surface area contributed by atoms with Gasteiger partial charge in [-0.2, -0.15) is 13.5 Å². The Balaban J connectivity index is 2.14. The standard InChI is InChI=1S/C13H9Cl3N2O2S/c14-10-3-5-12(6-4-10)21(19,20)18-17-8-9-1-2-11(15)7-13(9)16/h1-8,18H. The third-order valence-corrected chi connectivity index (χ3v) is 4.52. The van der Waals surface area contributed by atoms with Gasteiger partial charge < -0.3 is 0 Å². The topological polar surface area (TPSA) is 58.5 Å². The van der Waals surface area contributed by atoms with Crippen LogP contribution in [0.1, 0.15) is 5.56 Å². The van der Waals surface area contributed by atoms with E-state index in [1.54, 1.807) is 12.1 Å². The van der Waals surface area contributed by atoms with Gasteiger partial charge in [-0.1, -0.05) is 40.9 Å². The number of sulfonamides is 1. The fraction of sp³-hybridized carbons (Fsp3) is 0. The number of hydrogen-bond donors (Lipinski definition) is 1. The maximum atomic E-state index is 12.0. The highest BCUT2D eigenvalue weighted by atomic mass is 35.5. The summed E-state index contributed by atoms with van der Waals surface area (Å²) in [5.74, 6) is 0. The normalized spacial score (nSPS) is 11.8. The van der Waals surface area contributed by atoms with Crippen LogP contribution in [0, 0.1) is 0 Å². The predicted octanol–water partition coefficient (Wildman–Crippen LogP) is 3.96. The summed E-state index contributed by atoms with van der Waals surface area (Å²) >= 11 is 17.4. The van der Waals surface area contributed by atoms with Gasteiger partial charge in [0.1, 0.15) is 0 Å². The van der Waals surface area contributed by atoms with Crippen LogP contribution in [0.15, 0.2) is 52.5 Å². The minimum Gasteiger partial charge on any atom is -0.200 e. The van der Waals surface area contributed by atoms with E-state index in [0.717, 1.165) is 0 Å². The molecule has 0 fully saturated rings. The van der Waals surface area contributed by atoms with E-state index in [0.29, 0.717) is 20.6 Å². The first-order valence-electron chi connectivity index (χ1n) is 5.64. The van der Waals surface area contributed by atoms with Crippen LogP contribution in [-0.2, 0) is 10.0 Å². The van der Waals surface area contributed by atoms with Gasteiger partial charge in [-0.05, 0) is 36.4 Å². The monoisotopic (exact) mass is 362 g/mol. The summed E-state index contributed by atoms with van der Waals surface area (Å²) < 4.78 is 23.9. The molecule has 0 radical (unpaired) electrons. The van der Waals surface area contributed by atoms with E-state index in [2.05, 4.69) is 9.93 Å². The molecule has 0 aliphatic heterocycles. The molecule has 0 amide bonds. The van der Waals surface area contributed by atoms with Gasteiger partial charge in [-0.15, -0.1) is 0 Å². The van der Waals surface area contributed by atoms with Gasteiger partial charge in [0.25, 0.3) is 10.0 Å². The number of hydrazone groups is 1. The molecule has 0 saturated heterocycles. The van der Waals surface area contributed by atoms with E-state index in [1.165, 1.54) is 36.5 Å². The Morgan fingerprint density at radius 1 is 0.952 bits per heavy atom. The van der Waals surface area contributed by atoms with Crippen molar-refractivity contribution >= 4 is 51.0 Å². The fourth-order valence-corrected chi connectivity index (χ4v) is 2.81. The molecule has 0 atom stereocenters. The molecule has 21 heavy (non-hydrogen) atoms. The quantitative estimate of drug-likeness (QED) is 0.660. The summed E-state index contributed by atoms with van der Waals surface area (Å²) in [6.45, 7) is 0. The number of benzene rings is 2. The van der Waals surface area contributed by atoms with Gasteiger partial charge in [-0.3, -0.25) is 0 Å². The number of nitrogens with zero attached hydrogens (tertiary/aromatic N) is 1.